The van der Waals surface area contributed by atoms with Crippen molar-refractivity contribution in [3.8, 4) is 11.5 Å². The molecule has 0 amide bonds. The quantitative estimate of drug-likeness (QED) is 0.454. The highest BCUT2D eigenvalue weighted by molar-refractivity contribution is 5.93. The van der Waals surface area contributed by atoms with Gasteiger partial charge in [-0.3, -0.25) is 4.99 Å². The summed E-state index contributed by atoms with van der Waals surface area (Å²) in [6, 6.07) is 5.96. The third kappa shape index (κ3) is 6.31. The molecule has 0 saturated carbocycles. The molecular weight excluding hydrogens is 340 g/mol. The molecule has 6 nitrogen and oxygen atoms in total. The molecule has 0 atom stereocenters. The zero-order chi connectivity index (χ0) is 18.9. The second kappa shape index (κ2) is 10.4. The van der Waals surface area contributed by atoms with Crippen molar-refractivity contribution in [1.82, 2.24) is 10.2 Å². The topological polar surface area (TPSA) is 58.1 Å². The lowest BCUT2D eigenvalue weighted by molar-refractivity contribution is 0.192. The summed E-state index contributed by atoms with van der Waals surface area (Å²) in [5.41, 5.74) is 0.962. The number of piperidine rings is 1. The lowest BCUT2D eigenvalue weighted by atomic mass is 9.99. The standard InChI is InChI=1S/C21H34N4O2/c1-3-22-21(23-10-4-11-25-12-8-17(2)9-13-25)24-18-6-7-19-20(16-18)27-15-5-14-26-19/h6-7,16-17H,3-5,8-15H2,1-2H3,(H2,22,23,24). The van der Waals surface area contributed by atoms with Crippen molar-refractivity contribution in [2.75, 3.05) is 51.3 Å². The van der Waals surface area contributed by atoms with Crippen LogP contribution in [0.15, 0.2) is 23.2 Å². The first-order chi connectivity index (χ1) is 13.2. The van der Waals surface area contributed by atoms with Crippen molar-refractivity contribution in [3.05, 3.63) is 18.2 Å². The maximum atomic E-state index is 5.77. The molecule has 2 heterocycles. The fourth-order valence-corrected chi connectivity index (χ4v) is 3.46. The highest BCUT2D eigenvalue weighted by atomic mass is 16.5. The Bertz CT molecular complexity index is 612. The summed E-state index contributed by atoms with van der Waals surface area (Å²) in [6.07, 6.45) is 4.67. The average molecular weight is 375 g/mol. The summed E-state index contributed by atoms with van der Waals surface area (Å²) in [5, 5.41) is 6.71. The molecule has 0 bridgehead atoms. The summed E-state index contributed by atoms with van der Waals surface area (Å²) in [7, 11) is 0. The fourth-order valence-electron chi connectivity index (χ4n) is 3.46. The fraction of sp³-hybridized carbons (Fsp3) is 0.667. The minimum absolute atomic E-state index is 0.694. The van der Waals surface area contributed by atoms with Crippen LogP contribution in [-0.4, -0.2) is 56.8 Å². The summed E-state index contributed by atoms with van der Waals surface area (Å²) in [6.45, 7) is 11.1. The predicted molar refractivity (Wildman–Crippen MR) is 111 cm³/mol. The number of ether oxygens (including phenoxy) is 2. The SMILES string of the molecule is CCNC(=NCCCN1CCC(C)CC1)Nc1ccc2c(c1)OCCCO2. The van der Waals surface area contributed by atoms with Gasteiger partial charge in [-0.1, -0.05) is 6.92 Å². The van der Waals surface area contributed by atoms with Gasteiger partial charge in [0.1, 0.15) is 0 Å². The van der Waals surface area contributed by atoms with Crippen LogP contribution in [0.2, 0.25) is 0 Å². The van der Waals surface area contributed by atoms with Crippen LogP contribution >= 0.6 is 0 Å². The summed E-state index contributed by atoms with van der Waals surface area (Å²) < 4.78 is 11.5. The van der Waals surface area contributed by atoms with Crippen molar-refractivity contribution in [3.63, 3.8) is 0 Å². The molecule has 1 saturated heterocycles. The van der Waals surface area contributed by atoms with Crippen LogP contribution in [-0.2, 0) is 0 Å². The molecule has 0 unspecified atom stereocenters. The van der Waals surface area contributed by atoms with Gasteiger partial charge in [-0.05, 0) is 63.9 Å². The number of rotatable bonds is 6. The lowest BCUT2D eigenvalue weighted by Gasteiger charge is -2.29. The first-order valence-corrected chi connectivity index (χ1v) is 10.4. The molecule has 1 fully saturated rings. The van der Waals surface area contributed by atoms with E-state index in [1.807, 2.05) is 18.2 Å². The van der Waals surface area contributed by atoms with Crippen molar-refractivity contribution >= 4 is 11.6 Å². The third-order valence-corrected chi connectivity index (χ3v) is 5.13. The first-order valence-electron chi connectivity index (χ1n) is 10.4. The van der Waals surface area contributed by atoms with Gasteiger partial charge in [0.15, 0.2) is 17.5 Å². The van der Waals surface area contributed by atoms with Gasteiger partial charge in [-0.2, -0.15) is 0 Å². The molecule has 27 heavy (non-hydrogen) atoms. The van der Waals surface area contributed by atoms with E-state index >= 15 is 0 Å². The molecule has 0 radical (unpaired) electrons. The van der Waals surface area contributed by atoms with Crippen LogP contribution in [0.3, 0.4) is 0 Å². The van der Waals surface area contributed by atoms with Crippen molar-refractivity contribution < 1.29 is 9.47 Å². The van der Waals surface area contributed by atoms with Gasteiger partial charge in [-0.25, -0.2) is 0 Å². The van der Waals surface area contributed by atoms with Crippen LogP contribution in [0.4, 0.5) is 5.69 Å². The Balaban J connectivity index is 1.50. The maximum absolute atomic E-state index is 5.77. The summed E-state index contributed by atoms with van der Waals surface area (Å²) >= 11 is 0. The van der Waals surface area contributed by atoms with E-state index in [9.17, 15) is 0 Å². The Hall–Kier alpha value is -1.95. The van der Waals surface area contributed by atoms with Gasteiger partial charge < -0.3 is 25.0 Å². The van der Waals surface area contributed by atoms with Crippen LogP contribution in [0.5, 0.6) is 11.5 Å². The number of nitrogens with zero attached hydrogens (tertiary/aromatic N) is 2. The minimum atomic E-state index is 0.694. The summed E-state index contributed by atoms with van der Waals surface area (Å²) in [4.78, 5) is 7.30. The highest BCUT2D eigenvalue weighted by Crippen LogP contribution is 2.32. The molecule has 2 aliphatic heterocycles. The van der Waals surface area contributed by atoms with E-state index in [-0.39, 0.29) is 0 Å². The Morgan fingerprint density at radius 3 is 2.74 bits per heavy atom. The van der Waals surface area contributed by atoms with Crippen molar-refractivity contribution in [2.45, 2.75) is 39.5 Å². The van der Waals surface area contributed by atoms with E-state index in [2.05, 4.69) is 29.4 Å². The largest absolute Gasteiger partial charge is 0.490 e. The van der Waals surface area contributed by atoms with Gasteiger partial charge in [0.05, 0.1) is 13.2 Å². The molecule has 0 spiro atoms. The van der Waals surface area contributed by atoms with Crippen LogP contribution < -0.4 is 20.1 Å². The number of aliphatic imine (C=N–C) groups is 1. The number of guanidine groups is 1. The monoisotopic (exact) mass is 374 g/mol. The van der Waals surface area contributed by atoms with E-state index in [1.165, 1.54) is 25.9 Å². The summed E-state index contributed by atoms with van der Waals surface area (Å²) in [5.74, 6) is 3.32. The molecular formula is C21H34N4O2. The Morgan fingerprint density at radius 2 is 1.96 bits per heavy atom. The number of fused-ring (bicyclic) bond motifs is 1. The number of anilines is 1. The van der Waals surface area contributed by atoms with E-state index in [0.717, 1.165) is 61.5 Å². The van der Waals surface area contributed by atoms with E-state index in [4.69, 9.17) is 14.5 Å². The first kappa shape index (κ1) is 19.8. The normalized spacial score (nSPS) is 18.8. The van der Waals surface area contributed by atoms with Crippen molar-refractivity contribution in [1.29, 1.82) is 0 Å². The smallest absolute Gasteiger partial charge is 0.195 e. The number of benzene rings is 1. The van der Waals surface area contributed by atoms with E-state index in [1.54, 1.807) is 0 Å². The molecule has 150 valence electrons. The Morgan fingerprint density at radius 1 is 1.19 bits per heavy atom. The van der Waals surface area contributed by atoms with Crippen LogP contribution in [0, 0.1) is 5.92 Å². The highest BCUT2D eigenvalue weighted by Gasteiger charge is 2.15. The third-order valence-electron chi connectivity index (χ3n) is 5.13. The molecule has 0 aliphatic carbocycles. The number of nitrogens with one attached hydrogen (secondary N) is 2. The molecule has 2 N–H and O–H groups in total. The van der Waals surface area contributed by atoms with Gasteiger partial charge in [0.25, 0.3) is 0 Å². The molecule has 0 aromatic heterocycles. The Kier molecular flexibility index (Phi) is 7.63. The molecule has 3 rings (SSSR count). The van der Waals surface area contributed by atoms with E-state index < -0.39 is 0 Å². The molecule has 6 heteroatoms. The minimum Gasteiger partial charge on any atom is -0.490 e. The number of hydrogen-bond acceptors (Lipinski definition) is 4. The Labute approximate surface area is 163 Å². The van der Waals surface area contributed by atoms with E-state index in [0.29, 0.717) is 13.2 Å². The van der Waals surface area contributed by atoms with Crippen molar-refractivity contribution in [2.24, 2.45) is 10.9 Å². The average Bonchev–Trinajstić information content (AvgIpc) is 2.92. The maximum Gasteiger partial charge on any atom is 0.195 e. The van der Waals surface area contributed by atoms with Gasteiger partial charge in [-0.15, -0.1) is 0 Å². The molecule has 1 aromatic carbocycles. The lowest BCUT2D eigenvalue weighted by Crippen LogP contribution is -2.34. The second-order valence-electron chi connectivity index (χ2n) is 7.48. The zero-order valence-corrected chi connectivity index (χ0v) is 16.8. The number of hydrogen-bond donors (Lipinski definition) is 2. The van der Waals surface area contributed by atoms with Gasteiger partial charge in [0, 0.05) is 31.3 Å². The molecule has 1 aromatic rings. The zero-order valence-electron chi connectivity index (χ0n) is 16.8. The second-order valence-corrected chi connectivity index (χ2v) is 7.48. The van der Waals surface area contributed by atoms with Crippen LogP contribution in [0.1, 0.15) is 39.5 Å². The van der Waals surface area contributed by atoms with Crippen LogP contribution in [0.25, 0.3) is 0 Å². The number of likely N-dealkylation sites (tertiary alicyclic amines) is 1. The molecule has 2 aliphatic rings. The van der Waals surface area contributed by atoms with Gasteiger partial charge >= 0.3 is 0 Å². The predicted octanol–water partition coefficient (Wildman–Crippen LogP) is 3.35. The van der Waals surface area contributed by atoms with Gasteiger partial charge in [0.2, 0.25) is 0 Å².